The molecule has 0 spiro atoms. The van der Waals surface area contributed by atoms with Crippen LogP contribution in [-0.2, 0) is 12.7 Å². The smallest absolute Gasteiger partial charge is 0.355 e. The first-order valence-corrected chi connectivity index (χ1v) is 14.3. The summed E-state index contributed by atoms with van der Waals surface area (Å²) in [7, 11) is 2.02. The summed E-state index contributed by atoms with van der Waals surface area (Å²) in [6.45, 7) is 7.10. The van der Waals surface area contributed by atoms with Crippen molar-refractivity contribution < 1.29 is 18.0 Å². The molecule has 1 aliphatic heterocycles. The Kier molecular flexibility index (Phi) is 8.76. The minimum atomic E-state index is -4.48. The fourth-order valence-electron chi connectivity index (χ4n) is 4.72. The summed E-state index contributed by atoms with van der Waals surface area (Å²) < 4.78 is 42.1. The molecule has 8 nitrogen and oxygen atoms in total. The lowest BCUT2D eigenvalue weighted by Gasteiger charge is -2.33. The van der Waals surface area contributed by atoms with Crippen LogP contribution in [-0.4, -0.2) is 58.9 Å². The number of hydrogen-bond acceptors (Lipinski definition) is 8. The minimum Gasteiger partial charge on any atom is -0.355 e. The van der Waals surface area contributed by atoms with Crippen LogP contribution >= 0.6 is 11.3 Å². The standard InChI is InChI=1S/C30H32F3N7OS/c1-19-6-4-5-7-25(19)37-28(41)26-17-34-29(42-26)38-27-16-23(14-20(2)35-27)36-22-9-8-21(24(15-22)30(31,32)33)18-40-12-10-39(3)11-13-40/h4-9,14-17H,10-13,18H2,1-3H3,(H,37,41)(H2,34,35,36,38). The van der Waals surface area contributed by atoms with Gasteiger partial charge >= 0.3 is 6.18 Å². The van der Waals surface area contributed by atoms with Crippen LogP contribution in [0, 0.1) is 13.8 Å². The van der Waals surface area contributed by atoms with Gasteiger partial charge in [-0.3, -0.25) is 9.69 Å². The van der Waals surface area contributed by atoms with E-state index in [2.05, 4.69) is 35.7 Å². The molecule has 0 saturated carbocycles. The molecule has 0 radical (unpaired) electrons. The van der Waals surface area contributed by atoms with Gasteiger partial charge < -0.3 is 20.9 Å². The average Bonchev–Trinajstić information content (AvgIpc) is 3.40. The van der Waals surface area contributed by atoms with E-state index in [0.29, 0.717) is 32.9 Å². The molecular formula is C30H32F3N7OS. The second-order valence-corrected chi connectivity index (χ2v) is 11.4. The van der Waals surface area contributed by atoms with Gasteiger partial charge in [-0.15, -0.1) is 0 Å². The van der Waals surface area contributed by atoms with E-state index in [1.54, 1.807) is 31.2 Å². The Balaban J connectivity index is 1.29. The molecule has 5 rings (SSSR count). The van der Waals surface area contributed by atoms with Crippen LogP contribution in [0.4, 0.5) is 41.2 Å². The van der Waals surface area contributed by atoms with E-state index >= 15 is 0 Å². The Labute approximate surface area is 246 Å². The minimum absolute atomic E-state index is 0.254. The van der Waals surface area contributed by atoms with Gasteiger partial charge in [-0.05, 0) is 56.3 Å². The molecule has 1 fully saturated rings. The second kappa shape index (κ2) is 12.5. The predicted octanol–water partition coefficient (Wildman–Crippen LogP) is 6.66. The van der Waals surface area contributed by atoms with Crippen molar-refractivity contribution in [1.29, 1.82) is 0 Å². The Bertz CT molecular complexity index is 1560. The molecule has 220 valence electrons. The van der Waals surface area contributed by atoms with Crippen molar-refractivity contribution in [2.45, 2.75) is 26.6 Å². The van der Waals surface area contributed by atoms with E-state index in [-0.39, 0.29) is 18.0 Å². The summed E-state index contributed by atoms with van der Waals surface area (Å²) in [5.41, 5.74) is 2.84. The molecule has 0 bridgehead atoms. The van der Waals surface area contributed by atoms with Crippen LogP contribution in [0.15, 0.2) is 60.8 Å². The first-order valence-electron chi connectivity index (χ1n) is 13.5. The highest BCUT2D eigenvalue weighted by atomic mass is 32.1. The molecule has 1 amide bonds. The zero-order chi connectivity index (χ0) is 29.9. The number of halogens is 3. The van der Waals surface area contributed by atoms with E-state index in [4.69, 9.17) is 0 Å². The van der Waals surface area contributed by atoms with Gasteiger partial charge in [-0.2, -0.15) is 13.2 Å². The van der Waals surface area contributed by atoms with Crippen LogP contribution in [0.1, 0.15) is 32.1 Å². The summed E-state index contributed by atoms with van der Waals surface area (Å²) in [4.78, 5) is 26.1. The SMILES string of the molecule is Cc1cc(Nc2ccc(CN3CCN(C)CC3)c(C(F)(F)F)c2)cc(Nc2ncc(C(=O)Nc3ccccc3C)s2)n1. The number of benzene rings is 2. The molecule has 12 heteroatoms. The van der Waals surface area contributed by atoms with Crippen molar-refractivity contribution >= 4 is 45.3 Å². The van der Waals surface area contributed by atoms with E-state index in [9.17, 15) is 18.0 Å². The Hall–Kier alpha value is -4.00. The maximum Gasteiger partial charge on any atom is 0.416 e. The molecule has 1 saturated heterocycles. The summed E-state index contributed by atoms with van der Waals surface area (Å²) >= 11 is 1.17. The van der Waals surface area contributed by atoms with Gasteiger partial charge in [0.2, 0.25) is 0 Å². The summed E-state index contributed by atoms with van der Waals surface area (Å²) in [6.07, 6.45) is -2.99. The summed E-state index contributed by atoms with van der Waals surface area (Å²) in [6, 6.07) is 15.3. The summed E-state index contributed by atoms with van der Waals surface area (Å²) in [5.74, 6) is 0.173. The van der Waals surface area contributed by atoms with Crippen molar-refractivity contribution in [3.8, 4) is 0 Å². The third-order valence-electron chi connectivity index (χ3n) is 7.00. The van der Waals surface area contributed by atoms with Gasteiger partial charge in [0.15, 0.2) is 5.13 Å². The number of nitrogens with zero attached hydrogens (tertiary/aromatic N) is 4. The van der Waals surface area contributed by atoms with Crippen LogP contribution in [0.25, 0.3) is 0 Å². The molecule has 0 unspecified atom stereocenters. The van der Waals surface area contributed by atoms with Gasteiger partial charge in [-0.1, -0.05) is 35.6 Å². The zero-order valence-corrected chi connectivity index (χ0v) is 24.4. The number of nitrogens with one attached hydrogen (secondary N) is 3. The summed E-state index contributed by atoms with van der Waals surface area (Å²) in [5, 5.41) is 9.54. The molecule has 4 aromatic rings. The fourth-order valence-corrected chi connectivity index (χ4v) is 5.44. The van der Waals surface area contributed by atoms with Crippen molar-refractivity contribution in [1.82, 2.24) is 19.8 Å². The number of likely N-dealkylation sites (N-methyl/N-ethyl adjacent to an activating group) is 1. The first kappa shape index (κ1) is 29.5. The van der Waals surface area contributed by atoms with Crippen molar-refractivity contribution in [2.75, 3.05) is 49.2 Å². The number of alkyl halides is 3. The van der Waals surface area contributed by atoms with Crippen molar-refractivity contribution in [2.24, 2.45) is 0 Å². The molecule has 2 aromatic heterocycles. The maximum atomic E-state index is 14.0. The van der Waals surface area contributed by atoms with Crippen LogP contribution < -0.4 is 16.0 Å². The van der Waals surface area contributed by atoms with E-state index < -0.39 is 11.7 Å². The highest BCUT2D eigenvalue weighted by molar-refractivity contribution is 7.17. The number of aromatic nitrogens is 2. The number of carbonyl (C=O) groups is 1. The Morgan fingerprint density at radius 2 is 1.74 bits per heavy atom. The number of pyridine rings is 1. The van der Waals surface area contributed by atoms with E-state index in [0.717, 1.165) is 43.5 Å². The monoisotopic (exact) mass is 595 g/mol. The molecule has 3 N–H and O–H groups in total. The molecule has 3 heterocycles. The van der Waals surface area contributed by atoms with Crippen LogP contribution in [0.3, 0.4) is 0 Å². The number of aryl methyl sites for hydroxylation is 2. The number of hydrogen-bond donors (Lipinski definition) is 3. The molecule has 0 aliphatic carbocycles. The highest BCUT2D eigenvalue weighted by Gasteiger charge is 2.34. The number of rotatable bonds is 8. The molecule has 1 aliphatic rings. The zero-order valence-electron chi connectivity index (χ0n) is 23.5. The fraction of sp³-hybridized carbons (Fsp3) is 0.300. The van der Waals surface area contributed by atoms with Gasteiger partial charge in [0.05, 0.1) is 11.8 Å². The topological polar surface area (TPSA) is 85.4 Å². The largest absolute Gasteiger partial charge is 0.416 e. The lowest BCUT2D eigenvalue weighted by Crippen LogP contribution is -2.44. The van der Waals surface area contributed by atoms with Gasteiger partial charge in [0, 0.05) is 61.5 Å². The lowest BCUT2D eigenvalue weighted by molar-refractivity contribution is -0.138. The van der Waals surface area contributed by atoms with Gasteiger partial charge in [0.1, 0.15) is 10.7 Å². The third kappa shape index (κ3) is 7.44. The number of carbonyl (C=O) groups excluding carboxylic acids is 1. The predicted molar refractivity (Wildman–Crippen MR) is 161 cm³/mol. The number of amides is 1. The van der Waals surface area contributed by atoms with Gasteiger partial charge in [-0.25, -0.2) is 9.97 Å². The number of piperazine rings is 1. The number of thiazole rings is 1. The number of anilines is 5. The maximum absolute atomic E-state index is 14.0. The van der Waals surface area contributed by atoms with Crippen molar-refractivity contribution in [3.05, 3.63) is 88.1 Å². The van der Waals surface area contributed by atoms with Crippen LogP contribution in [0.2, 0.25) is 0 Å². The van der Waals surface area contributed by atoms with Gasteiger partial charge in [0.25, 0.3) is 5.91 Å². The lowest BCUT2D eigenvalue weighted by atomic mass is 10.0. The quantitative estimate of drug-likeness (QED) is 0.210. The molecule has 42 heavy (non-hydrogen) atoms. The van der Waals surface area contributed by atoms with E-state index in [1.807, 2.05) is 38.2 Å². The molecular weight excluding hydrogens is 563 g/mol. The normalized spacial score (nSPS) is 14.5. The Morgan fingerprint density at radius 3 is 2.48 bits per heavy atom. The Morgan fingerprint density at radius 1 is 0.976 bits per heavy atom. The third-order valence-corrected chi connectivity index (χ3v) is 7.92. The van der Waals surface area contributed by atoms with Crippen LogP contribution in [0.5, 0.6) is 0 Å². The van der Waals surface area contributed by atoms with Crippen molar-refractivity contribution in [3.63, 3.8) is 0 Å². The number of para-hydroxylation sites is 1. The second-order valence-electron chi connectivity index (χ2n) is 10.4. The molecule has 0 atom stereocenters. The highest BCUT2D eigenvalue weighted by Crippen LogP contribution is 2.35. The first-order chi connectivity index (χ1) is 20.0. The van der Waals surface area contributed by atoms with E-state index in [1.165, 1.54) is 17.5 Å². The average molecular weight is 596 g/mol. The molecule has 2 aromatic carbocycles.